The van der Waals surface area contributed by atoms with Gasteiger partial charge in [-0.15, -0.1) is 0 Å². The van der Waals surface area contributed by atoms with Crippen LogP contribution in [0.5, 0.6) is 0 Å². The summed E-state index contributed by atoms with van der Waals surface area (Å²) in [5.41, 5.74) is -2.41. The summed E-state index contributed by atoms with van der Waals surface area (Å²) in [6.07, 6.45) is 11.1. The van der Waals surface area contributed by atoms with Gasteiger partial charge in [-0.25, -0.2) is 0 Å². The van der Waals surface area contributed by atoms with Crippen molar-refractivity contribution in [2.45, 2.75) is 102 Å². The molecule has 0 spiro atoms. The Bertz CT molecular complexity index is 415. The Hall–Kier alpha value is -0.980. The highest BCUT2D eigenvalue weighted by Crippen LogP contribution is 2.25. The summed E-state index contributed by atoms with van der Waals surface area (Å²) < 4.78 is 0. The van der Waals surface area contributed by atoms with E-state index in [1.54, 1.807) is 0 Å². The Morgan fingerprint density at radius 1 is 1.00 bits per heavy atom. The number of rotatable bonds is 14. The number of carbonyl (C=O) groups excluding carboxylic acids is 2. The van der Waals surface area contributed by atoms with Crippen LogP contribution in [0, 0.1) is 0 Å². The van der Waals surface area contributed by atoms with E-state index in [9.17, 15) is 19.8 Å². The van der Waals surface area contributed by atoms with Crippen molar-refractivity contribution in [3.05, 3.63) is 0 Å². The molecule has 146 valence electrons. The molecule has 1 amide bonds. The second kappa shape index (κ2) is 11.6. The van der Waals surface area contributed by atoms with Gasteiger partial charge in [-0.1, -0.05) is 71.1 Å². The lowest BCUT2D eigenvalue weighted by molar-refractivity contribution is -0.157. The fraction of sp³-hybridized carbons (Fsp3) is 0.895. The Morgan fingerprint density at radius 3 is 1.92 bits per heavy atom. The zero-order valence-corrected chi connectivity index (χ0v) is 15.5. The topological polar surface area (TPSA) is 107 Å². The fourth-order valence-corrected chi connectivity index (χ4v) is 3.36. The molecular formula is C19H35NO5. The summed E-state index contributed by atoms with van der Waals surface area (Å²) >= 11 is 0. The molecule has 25 heavy (non-hydrogen) atoms. The Labute approximate surface area is 151 Å². The maximum Gasteiger partial charge on any atom is 0.263 e. The van der Waals surface area contributed by atoms with Crippen LogP contribution >= 0.6 is 0 Å². The molecule has 0 aliphatic carbocycles. The van der Waals surface area contributed by atoms with E-state index < -0.39 is 36.0 Å². The Morgan fingerprint density at radius 2 is 1.48 bits per heavy atom. The largest absolute Gasteiger partial charge is 0.394 e. The van der Waals surface area contributed by atoms with E-state index in [1.807, 2.05) is 0 Å². The highest BCUT2D eigenvalue weighted by atomic mass is 16.4. The smallest absolute Gasteiger partial charge is 0.263 e. The average Bonchev–Trinajstić information content (AvgIpc) is 2.84. The van der Waals surface area contributed by atoms with E-state index >= 15 is 0 Å². The van der Waals surface area contributed by atoms with Gasteiger partial charge >= 0.3 is 0 Å². The van der Waals surface area contributed by atoms with Crippen molar-refractivity contribution >= 4 is 11.7 Å². The fourth-order valence-electron chi connectivity index (χ4n) is 3.36. The molecule has 6 nitrogen and oxygen atoms in total. The normalized spacial score (nSPS) is 26.0. The minimum Gasteiger partial charge on any atom is -0.394 e. The average molecular weight is 357 g/mol. The highest BCUT2D eigenvalue weighted by Gasteiger charge is 2.58. The van der Waals surface area contributed by atoms with Crippen molar-refractivity contribution in [1.82, 2.24) is 5.32 Å². The molecule has 0 aromatic carbocycles. The van der Waals surface area contributed by atoms with Gasteiger partial charge in [0.05, 0.1) is 12.6 Å². The van der Waals surface area contributed by atoms with Crippen molar-refractivity contribution in [2.24, 2.45) is 0 Å². The monoisotopic (exact) mass is 357 g/mol. The summed E-state index contributed by atoms with van der Waals surface area (Å²) in [6.45, 7) is 1.70. The number of nitrogens with one attached hydrogen (secondary N) is 1. The maximum absolute atomic E-state index is 12.2. The molecule has 1 fully saturated rings. The summed E-state index contributed by atoms with van der Waals surface area (Å²) in [6, 6.07) is -0.987. The molecule has 0 bridgehead atoms. The SMILES string of the molecule is CCCCCCCCCCCCCC(=O)[C@@]1(O)C(=O)N[C@@H](CO)[C@@H]1O. The minimum absolute atomic E-state index is 0.0656. The molecule has 1 saturated heterocycles. The van der Waals surface area contributed by atoms with Gasteiger partial charge in [-0.2, -0.15) is 0 Å². The van der Waals surface area contributed by atoms with Crippen LogP contribution in [0.4, 0.5) is 0 Å². The van der Waals surface area contributed by atoms with Crippen LogP contribution in [0.25, 0.3) is 0 Å². The zero-order chi connectivity index (χ0) is 18.7. The molecule has 1 heterocycles. The molecule has 4 N–H and O–H groups in total. The van der Waals surface area contributed by atoms with E-state index in [1.165, 1.54) is 44.9 Å². The predicted octanol–water partition coefficient (Wildman–Crippen LogP) is 1.84. The second-order valence-electron chi connectivity index (χ2n) is 7.18. The van der Waals surface area contributed by atoms with Crippen LogP contribution < -0.4 is 5.32 Å². The van der Waals surface area contributed by atoms with Gasteiger partial charge in [0.15, 0.2) is 5.78 Å². The van der Waals surface area contributed by atoms with Gasteiger partial charge in [0, 0.05) is 6.42 Å². The third-order valence-electron chi connectivity index (χ3n) is 5.10. The zero-order valence-electron chi connectivity index (χ0n) is 15.5. The molecule has 0 aromatic heterocycles. The Kier molecular flexibility index (Phi) is 10.2. The Balaban J connectivity index is 2.12. The number of carbonyl (C=O) groups is 2. The van der Waals surface area contributed by atoms with Crippen LogP contribution in [0.1, 0.15) is 84.0 Å². The number of hydrogen-bond acceptors (Lipinski definition) is 5. The first-order valence-electron chi connectivity index (χ1n) is 9.84. The van der Waals surface area contributed by atoms with E-state index in [4.69, 9.17) is 5.11 Å². The molecule has 1 aliphatic rings. The lowest BCUT2D eigenvalue weighted by atomic mass is 9.88. The summed E-state index contributed by atoms with van der Waals surface area (Å²) in [7, 11) is 0. The number of hydrogen-bond donors (Lipinski definition) is 4. The molecule has 6 heteroatoms. The van der Waals surface area contributed by atoms with Gasteiger partial charge in [-0.3, -0.25) is 9.59 Å². The standard InChI is InChI=1S/C19H35NO5/c1-2-3-4-5-6-7-8-9-10-11-12-13-16(22)19(25)17(23)15(14-21)20-18(19)24/h15,17,21,23,25H,2-14H2,1H3,(H,20,24)/t15-,17-,19-/m0/s1. The molecule has 0 unspecified atom stereocenters. The first-order valence-corrected chi connectivity index (χ1v) is 9.84. The van der Waals surface area contributed by atoms with Crippen molar-refractivity contribution in [2.75, 3.05) is 6.61 Å². The number of amides is 1. The lowest BCUT2D eigenvalue weighted by Gasteiger charge is -2.23. The molecule has 3 atom stereocenters. The van der Waals surface area contributed by atoms with Crippen molar-refractivity contribution in [1.29, 1.82) is 0 Å². The molecule has 0 radical (unpaired) electrons. The van der Waals surface area contributed by atoms with E-state index in [0.717, 1.165) is 19.3 Å². The van der Waals surface area contributed by atoms with Gasteiger partial charge in [0.1, 0.15) is 6.10 Å². The highest BCUT2D eigenvalue weighted by molar-refractivity contribution is 6.11. The third kappa shape index (κ3) is 6.35. The number of aliphatic hydroxyl groups is 3. The van der Waals surface area contributed by atoms with Gasteiger partial charge in [0.25, 0.3) is 5.91 Å². The van der Waals surface area contributed by atoms with Crippen molar-refractivity contribution < 1.29 is 24.9 Å². The molecular weight excluding hydrogens is 322 g/mol. The lowest BCUT2D eigenvalue weighted by Crippen LogP contribution is -2.53. The van der Waals surface area contributed by atoms with Crippen molar-refractivity contribution in [3.63, 3.8) is 0 Å². The van der Waals surface area contributed by atoms with Crippen LogP contribution in [0.3, 0.4) is 0 Å². The molecule has 1 rings (SSSR count). The van der Waals surface area contributed by atoms with Crippen LogP contribution in [-0.2, 0) is 9.59 Å². The van der Waals surface area contributed by atoms with Gasteiger partial charge < -0.3 is 20.6 Å². The second-order valence-corrected chi connectivity index (χ2v) is 7.18. The summed E-state index contributed by atoms with van der Waals surface area (Å²) in [5, 5.41) is 31.5. The number of aliphatic hydroxyl groups excluding tert-OH is 2. The first-order chi connectivity index (χ1) is 12.0. The summed E-state index contributed by atoms with van der Waals surface area (Å²) in [5.74, 6) is -1.57. The molecule has 0 saturated carbocycles. The number of Topliss-reactive ketones (excluding diaryl/α,β-unsaturated/α-hetero) is 1. The van der Waals surface area contributed by atoms with Crippen LogP contribution in [0.2, 0.25) is 0 Å². The third-order valence-corrected chi connectivity index (χ3v) is 5.10. The van der Waals surface area contributed by atoms with Gasteiger partial charge in [0.2, 0.25) is 5.60 Å². The van der Waals surface area contributed by atoms with E-state index in [-0.39, 0.29) is 6.42 Å². The van der Waals surface area contributed by atoms with Crippen LogP contribution in [0.15, 0.2) is 0 Å². The van der Waals surface area contributed by atoms with E-state index in [2.05, 4.69) is 12.2 Å². The maximum atomic E-state index is 12.2. The van der Waals surface area contributed by atoms with Crippen LogP contribution in [-0.4, -0.2) is 51.4 Å². The molecule has 1 aliphatic heterocycles. The van der Waals surface area contributed by atoms with E-state index in [0.29, 0.717) is 6.42 Å². The van der Waals surface area contributed by atoms with Crippen molar-refractivity contribution in [3.8, 4) is 0 Å². The first kappa shape index (κ1) is 22.1. The quantitative estimate of drug-likeness (QED) is 0.280. The molecule has 0 aromatic rings. The number of unbranched alkanes of at least 4 members (excludes halogenated alkanes) is 10. The van der Waals surface area contributed by atoms with Gasteiger partial charge in [-0.05, 0) is 6.42 Å². The number of ketones is 1. The summed E-state index contributed by atoms with van der Waals surface area (Å²) in [4.78, 5) is 23.9. The predicted molar refractivity (Wildman–Crippen MR) is 96.1 cm³/mol. The minimum atomic E-state index is -2.41.